The van der Waals surface area contributed by atoms with Crippen molar-refractivity contribution >= 4 is 5.91 Å². The molecule has 0 aromatic heterocycles. The summed E-state index contributed by atoms with van der Waals surface area (Å²) in [6.07, 6.45) is 5.39. The van der Waals surface area contributed by atoms with Crippen LogP contribution in [0.3, 0.4) is 0 Å². The van der Waals surface area contributed by atoms with Crippen molar-refractivity contribution in [2.24, 2.45) is 5.92 Å². The molecule has 1 N–H and O–H groups in total. The second-order valence-corrected chi connectivity index (χ2v) is 7.98. The largest absolute Gasteiger partial charge is 0.497 e. The fraction of sp³-hybridized carbons (Fsp3) is 0.440. The Labute approximate surface area is 189 Å². The van der Waals surface area contributed by atoms with E-state index in [4.69, 9.17) is 14.7 Å². The second-order valence-electron chi connectivity index (χ2n) is 7.98. The van der Waals surface area contributed by atoms with Gasteiger partial charge in [-0.25, -0.2) is 8.78 Å². The number of ether oxygens (including phenoxy) is 2. The highest BCUT2D eigenvalue weighted by molar-refractivity contribution is 5.81. The maximum atomic E-state index is 13.9. The van der Waals surface area contributed by atoms with Crippen molar-refractivity contribution in [3.63, 3.8) is 0 Å². The number of halogens is 2. The van der Waals surface area contributed by atoms with Gasteiger partial charge in [0.25, 0.3) is 11.8 Å². The fourth-order valence-electron chi connectivity index (χ4n) is 2.96. The van der Waals surface area contributed by atoms with Crippen LogP contribution in [0, 0.1) is 17.2 Å². The van der Waals surface area contributed by atoms with E-state index >= 15 is 0 Å². The minimum absolute atomic E-state index is 0.122. The molecular formula is C25H32F2N2O3. The highest BCUT2D eigenvalue weighted by Crippen LogP contribution is 2.33. The summed E-state index contributed by atoms with van der Waals surface area (Å²) in [5, 5.41) is 11.9. The van der Waals surface area contributed by atoms with Gasteiger partial charge in [-0.2, -0.15) is 5.26 Å². The molecule has 0 aliphatic heterocycles. The molecule has 5 nitrogen and oxygen atoms in total. The number of hydrogen-bond acceptors (Lipinski definition) is 4. The van der Waals surface area contributed by atoms with Crippen molar-refractivity contribution in [2.75, 3.05) is 13.7 Å². The summed E-state index contributed by atoms with van der Waals surface area (Å²) in [6.45, 7) is 10.6. The first-order valence-electron chi connectivity index (χ1n) is 10.4. The van der Waals surface area contributed by atoms with Gasteiger partial charge in [0.2, 0.25) is 0 Å². The quantitative estimate of drug-likeness (QED) is 0.334. The summed E-state index contributed by atoms with van der Waals surface area (Å²) in [5.74, 6) is -2.60. The van der Waals surface area contributed by atoms with Crippen LogP contribution in [0.4, 0.5) is 8.78 Å². The Balaban J connectivity index is 2.90. The summed E-state index contributed by atoms with van der Waals surface area (Å²) in [5.41, 5.74) is 0.449. The van der Waals surface area contributed by atoms with Crippen molar-refractivity contribution in [2.45, 2.75) is 52.6 Å². The summed E-state index contributed by atoms with van der Waals surface area (Å²) < 4.78 is 38.8. The van der Waals surface area contributed by atoms with Crippen molar-refractivity contribution < 1.29 is 23.0 Å². The number of hydrogen-bond donors (Lipinski definition) is 1. The van der Waals surface area contributed by atoms with Gasteiger partial charge in [0.15, 0.2) is 6.10 Å². The maximum absolute atomic E-state index is 13.9. The number of carbonyl (C=O) groups excluding carboxylic acids is 1. The van der Waals surface area contributed by atoms with Crippen LogP contribution in [-0.4, -0.2) is 25.7 Å². The van der Waals surface area contributed by atoms with Crippen LogP contribution in [-0.2, 0) is 15.5 Å². The molecular weight excluding hydrogens is 414 g/mol. The topological polar surface area (TPSA) is 71.3 Å². The number of nitrogens with one attached hydrogen (secondary N) is 1. The number of amides is 1. The molecule has 1 aromatic carbocycles. The molecule has 1 rings (SSSR count). The van der Waals surface area contributed by atoms with Gasteiger partial charge < -0.3 is 14.8 Å². The van der Waals surface area contributed by atoms with Gasteiger partial charge in [-0.1, -0.05) is 32.1 Å². The highest BCUT2D eigenvalue weighted by atomic mass is 19.3. The Morgan fingerprint density at radius 3 is 2.59 bits per heavy atom. The molecule has 0 heterocycles. The first-order chi connectivity index (χ1) is 15.0. The normalized spacial score (nSPS) is 13.3. The standard InChI is InChI=1S/C25H32F2N2O3/c1-7-8-20(31-6)14-18(4)11-12-29-24(30)23(13-17(2)3)32-21-10-9-19(16-28)22(15-21)25(5,26)27/h7-10,14-15,17,23H,1,11-13H2,2-6H3,(H,29,30)/b18-14+,20-8+. The van der Waals surface area contributed by atoms with Crippen molar-refractivity contribution in [3.8, 4) is 11.8 Å². The van der Waals surface area contributed by atoms with Gasteiger partial charge >= 0.3 is 0 Å². The molecule has 1 atom stereocenters. The lowest BCUT2D eigenvalue weighted by atomic mass is 10.0. The SMILES string of the molecule is C=C/C=C(\C=C(/C)CCNC(=O)C(CC(C)C)Oc1ccc(C#N)c(C(C)(F)F)c1)OC. The number of nitrogens with zero attached hydrogens (tertiary/aromatic N) is 1. The molecule has 0 saturated carbocycles. The highest BCUT2D eigenvalue weighted by Gasteiger charge is 2.29. The molecule has 1 aromatic rings. The molecule has 0 spiro atoms. The van der Waals surface area contributed by atoms with Gasteiger partial charge in [-0.3, -0.25) is 4.79 Å². The zero-order valence-corrected chi connectivity index (χ0v) is 19.4. The number of carbonyl (C=O) groups is 1. The fourth-order valence-corrected chi connectivity index (χ4v) is 2.96. The second kappa shape index (κ2) is 12.7. The molecule has 0 saturated heterocycles. The molecule has 0 bridgehead atoms. The van der Waals surface area contributed by atoms with E-state index in [0.29, 0.717) is 25.1 Å². The van der Waals surface area contributed by atoms with E-state index in [-0.39, 0.29) is 23.1 Å². The van der Waals surface area contributed by atoms with Gasteiger partial charge in [-0.15, -0.1) is 0 Å². The van der Waals surface area contributed by atoms with Crippen molar-refractivity contribution in [1.29, 1.82) is 5.26 Å². The average molecular weight is 447 g/mol. The number of nitriles is 1. The summed E-state index contributed by atoms with van der Waals surface area (Å²) in [4.78, 5) is 12.7. The Kier molecular flexibility index (Phi) is 10.6. The first kappa shape index (κ1) is 26.9. The first-order valence-corrected chi connectivity index (χ1v) is 10.4. The third-order valence-corrected chi connectivity index (χ3v) is 4.57. The van der Waals surface area contributed by atoms with E-state index in [0.717, 1.165) is 18.6 Å². The predicted molar refractivity (Wildman–Crippen MR) is 121 cm³/mol. The smallest absolute Gasteiger partial charge is 0.271 e. The predicted octanol–water partition coefficient (Wildman–Crippen LogP) is 5.63. The molecule has 174 valence electrons. The molecule has 7 heteroatoms. The number of alkyl halides is 2. The molecule has 32 heavy (non-hydrogen) atoms. The van der Waals surface area contributed by atoms with Gasteiger partial charge in [-0.05, 0) is 56.0 Å². The van der Waals surface area contributed by atoms with Crippen LogP contribution >= 0.6 is 0 Å². The van der Waals surface area contributed by atoms with Crippen LogP contribution in [0.2, 0.25) is 0 Å². The van der Waals surface area contributed by atoms with Crippen LogP contribution < -0.4 is 10.1 Å². The molecule has 0 aliphatic carbocycles. The van der Waals surface area contributed by atoms with E-state index in [1.807, 2.05) is 26.8 Å². The molecule has 1 unspecified atom stereocenters. The zero-order chi connectivity index (χ0) is 24.3. The lowest BCUT2D eigenvalue weighted by Crippen LogP contribution is -2.39. The summed E-state index contributed by atoms with van der Waals surface area (Å²) in [7, 11) is 1.57. The van der Waals surface area contributed by atoms with E-state index in [1.54, 1.807) is 25.3 Å². The minimum Gasteiger partial charge on any atom is -0.497 e. The summed E-state index contributed by atoms with van der Waals surface area (Å²) >= 11 is 0. The zero-order valence-electron chi connectivity index (χ0n) is 19.4. The molecule has 1 amide bonds. The number of methoxy groups -OCH3 is 1. The van der Waals surface area contributed by atoms with Crippen LogP contribution in [0.5, 0.6) is 5.75 Å². The van der Waals surface area contributed by atoms with Gasteiger partial charge in [0, 0.05) is 19.0 Å². The lowest BCUT2D eigenvalue weighted by molar-refractivity contribution is -0.128. The lowest BCUT2D eigenvalue weighted by Gasteiger charge is -2.22. The van der Waals surface area contributed by atoms with E-state index in [2.05, 4.69) is 11.9 Å². The van der Waals surface area contributed by atoms with Crippen molar-refractivity contribution in [1.82, 2.24) is 5.32 Å². The molecule has 0 fully saturated rings. The number of benzene rings is 1. The Morgan fingerprint density at radius 1 is 1.38 bits per heavy atom. The Hall–Kier alpha value is -3.14. The molecule has 0 radical (unpaired) electrons. The molecule has 0 aliphatic rings. The van der Waals surface area contributed by atoms with Crippen LogP contribution in [0.1, 0.15) is 51.7 Å². The van der Waals surface area contributed by atoms with E-state index in [9.17, 15) is 13.6 Å². The van der Waals surface area contributed by atoms with Gasteiger partial charge in [0.05, 0.1) is 18.7 Å². The van der Waals surface area contributed by atoms with Crippen LogP contribution in [0.15, 0.2) is 54.3 Å². The summed E-state index contributed by atoms with van der Waals surface area (Å²) in [6, 6.07) is 5.60. The third-order valence-electron chi connectivity index (χ3n) is 4.57. The van der Waals surface area contributed by atoms with E-state index in [1.165, 1.54) is 12.1 Å². The Morgan fingerprint density at radius 2 is 2.06 bits per heavy atom. The third kappa shape index (κ3) is 8.93. The van der Waals surface area contributed by atoms with Crippen molar-refractivity contribution in [3.05, 3.63) is 65.5 Å². The minimum atomic E-state index is -3.20. The number of allylic oxidation sites excluding steroid dienone is 3. The van der Waals surface area contributed by atoms with E-state index < -0.39 is 17.6 Å². The Bertz CT molecular complexity index is 893. The number of rotatable bonds is 12. The van der Waals surface area contributed by atoms with Crippen LogP contribution in [0.25, 0.3) is 0 Å². The van der Waals surface area contributed by atoms with Gasteiger partial charge in [0.1, 0.15) is 11.5 Å². The maximum Gasteiger partial charge on any atom is 0.271 e. The average Bonchev–Trinajstić information content (AvgIpc) is 2.71. The monoisotopic (exact) mass is 446 g/mol.